The molecule has 2 rings (SSSR count). The monoisotopic (exact) mass is 284 g/mol. The minimum Gasteiger partial charge on any atom is -0.392 e. The Morgan fingerprint density at radius 2 is 1.95 bits per heavy atom. The summed E-state index contributed by atoms with van der Waals surface area (Å²) in [6, 6.07) is 0.381. The van der Waals surface area contributed by atoms with Crippen molar-refractivity contribution in [3.05, 3.63) is 0 Å². The van der Waals surface area contributed by atoms with E-state index >= 15 is 0 Å². The molecule has 19 heavy (non-hydrogen) atoms. The zero-order chi connectivity index (χ0) is 13.9. The SMILES string of the molecule is CCN(C(=O)C1(C(N)=S)CCOCC1)C1CCCC1. The number of carbonyl (C=O) groups excluding carboxylic acids is 1. The van der Waals surface area contributed by atoms with Gasteiger partial charge in [-0.3, -0.25) is 4.79 Å². The molecule has 0 aromatic carbocycles. The number of thiocarbonyl (C=S) groups is 1. The molecule has 0 aromatic rings. The Hall–Kier alpha value is -0.680. The number of amides is 1. The first-order valence-electron chi connectivity index (χ1n) is 7.30. The van der Waals surface area contributed by atoms with E-state index in [0.29, 0.717) is 37.1 Å². The predicted octanol–water partition coefficient (Wildman–Crippen LogP) is 1.86. The van der Waals surface area contributed by atoms with Gasteiger partial charge in [0.15, 0.2) is 0 Å². The molecule has 1 amide bonds. The summed E-state index contributed by atoms with van der Waals surface area (Å²) in [5.74, 6) is 0.137. The third-order valence-corrected chi connectivity index (χ3v) is 4.99. The molecule has 1 aliphatic carbocycles. The summed E-state index contributed by atoms with van der Waals surface area (Å²) in [7, 11) is 0. The smallest absolute Gasteiger partial charge is 0.236 e. The Kier molecular flexibility index (Phi) is 4.79. The lowest BCUT2D eigenvalue weighted by Crippen LogP contribution is -2.55. The number of carbonyl (C=O) groups is 1. The zero-order valence-electron chi connectivity index (χ0n) is 11.7. The highest BCUT2D eigenvalue weighted by Crippen LogP contribution is 2.35. The number of rotatable bonds is 4. The van der Waals surface area contributed by atoms with Crippen LogP contribution in [0.3, 0.4) is 0 Å². The number of nitrogens with two attached hydrogens (primary N) is 1. The van der Waals surface area contributed by atoms with Gasteiger partial charge in [0.05, 0.1) is 4.99 Å². The quantitative estimate of drug-likeness (QED) is 0.801. The lowest BCUT2D eigenvalue weighted by atomic mass is 9.78. The third-order valence-electron chi connectivity index (χ3n) is 4.59. The van der Waals surface area contributed by atoms with Gasteiger partial charge in [-0.15, -0.1) is 0 Å². The van der Waals surface area contributed by atoms with Crippen molar-refractivity contribution in [3.8, 4) is 0 Å². The number of hydrogen-bond donors (Lipinski definition) is 1. The maximum Gasteiger partial charge on any atom is 0.236 e. The lowest BCUT2D eigenvalue weighted by molar-refractivity contribution is -0.144. The highest BCUT2D eigenvalue weighted by molar-refractivity contribution is 7.80. The van der Waals surface area contributed by atoms with Gasteiger partial charge in [-0.05, 0) is 32.6 Å². The second kappa shape index (κ2) is 6.18. The van der Waals surface area contributed by atoms with Crippen LogP contribution >= 0.6 is 12.2 Å². The summed E-state index contributed by atoms with van der Waals surface area (Å²) in [5, 5.41) is 0. The van der Waals surface area contributed by atoms with Crippen molar-refractivity contribution in [2.45, 2.75) is 51.5 Å². The molecule has 108 valence electrons. The van der Waals surface area contributed by atoms with Crippen LogP contribution in [0.25, 0.3) is 0 Å². The molecule has 0 radical (unpaired) electrons. The molecule has 1 aliphatic heterocycles. The van der Waals surface area contributed by atoms with Crippen LogP contribution in [0.5, 0.6) is 0 Å². The van der Waals surface area contributed by atoms with E-state index in [2.05, 4.69) is 0 Å². The molecule has 0 atom stereocenters. The van der Waals surface area contributed by atoms with Crippen LogP contribution in [0.15, 0.2) is 0 Å². The van der Waals surface area contributed by atoms with E-state index in [1.54, 1.807) is 0 Å². The van der Waals surface area contributed by atoms with Crippen LogP contribution in [0.1, 0.15) is 45.4 Å². The molecule has 4 nitrogen and oxygen atoms in total. The van der Waals surface area contributed by atoms with Crippen LogP contribution in [0.4, 0.5) is 0 Å². The molecule has 0 unspecified atom stereocenters. The standard InChI is InChI=1S/C14H24N2O2S/c1-2-16(11-5-3-4-6-11)13(17)14(12(15)19)7-9-18-10-8-14/h11H,2-10H2,1H3,(H2,15,19). The molecule has 0 bridgehead atoms. The van der Waals surface area contributed by atoms with Gasteiger partial charge in [0, 0.05) is 25.8 Å². The van der Waals surface area contributed by atoms with Crippen molar-refractivity contribution in [3.63, 3.8) is 0 Å². The average Bonchev–Trinajstić information content (AvgIpc) is 2.94. The summed E-state index contributed by atoms with van der Waals surface area (Å²) in [5.41, 5.74) is 5.26. The van der Waals surface area contributed by atoms with E-state index < -0.39 is 5.41 Å². The van der Waals surface area contributed by atoms with E-state index in [1.807, 2.05) is 11.8 Å². The van der Waals surface area contributed by atoms with Gasteiger partial charge in [-0.2, -0.15) is 0 Å². The Labute approximate surface area is 120 Å². The molecule has 2 fully saturated rings. The van der Waals surface area contributed by atoms with Crippen molar-refractivity contribution in [2.75, 3.05) is 19.8 Å². The van der Waals surface area contributed by atoms with E-state index in [1.165, 1.54) is 12.8 Å². The van der Waals surface area contributed by atoms with Gasteiger partial charge in [0.2, 0.25) is 5.91 Å². The lowest BCUT2D eigenvalue weighted by Gasteiger charge is -2.40. The minimum absolute atomic E-state index is 0.137. The predicted molar refractivity (Wildman–Crippen MR) is 78.9 cm³/mol. The van der Waals surface area contributed by atoms with Crippen molar-refractivity contribution < 1.29 is 9.53 Å². The first-order valence-corrected chi connectivity index (χ1v) is 7.71. The van der Waals surface area contributed by atoms with E-state index in [4.69, 9.17) is 22.7 Å². The van der Waals surface area contributed by atoms with Crippen LogP contribution < -0.4 is 5.73 Å². The Bertz CT molecular complexity index is 347. The summed E-state index contributed by atoms with van der Waals surface area (Å²) >= 11 is 5.22. The van der Waals surface area contributed by atoms with Crippen LogP contribution in [0, 0.1) is 5.41 Å². The highest BCUT2D eigenvalue weighted by atomic mass is 32.1. The van der Waals surface area contributed by atoms with Gasteiger partial charge < -0.3 is 15.4 Å². The van der Waals surface area contributed by atoms with Crippen molar-refractivity contribution in [2.24, 2.45) is 11.1 Å². The van der Waals surface area contributed by atoms with Crippen molar-refractivity contribution in [1.82, 2.24) is 4.90 Å². The fraction of sp³-hybridized carbons (Fsp3) is 0.857. The zero-order valence-corrected chi connectivity index (χ0v) is 12.5. The molecular formula is C14H24N2O2S. The molecule has 1 heterocycles. The molecule has 2 N–H and O–H groups in total. The van der Waals surface area contributed by atoms with E-state index in [9.17, 15) is 4.79 Å². The third kappa shape index (κ3) is 2.77. The highest BCUT2D eigenvalue weighted by Gasteiger charge is 2.46. The Morgan fingerprint density at radius 3 is 2.42 bits per heavy atom. The van der Waals surface area contributed by atoms with Gasteiger partial charge in [-0.25, -0.2) is 0 Å². The largest absolute Gasteiger partial charge is 0.392 e. The normalized spacial score (nSPS) is 23.2. The van der Waals surface area contributed by atoms with Crippen LogP contribution in [0.2, 0.25) is 0 Å². The Balaban J connectivity index is 2.19. The fourth-order valence-corrected chi connectivity index (χ4v) is 3.64. The van der Waals surface area contributed by atoms with Gasteiger partial charge in [0.25, 0.3) is 0 Å². The second-order valence-electron chi connectivity index (χ2n) is 5.59. The average molecular weight is 284 g/mol. The number of hydrogen-bond acceptors (Lipinski definition) is 3. The fourth-order valence-electron chi connectivity index (χ4n) is 3.34. The summed E-state index contributed by atoms with van der Waals surface area (Å²) < 4.78 is 5.38. The van der Waals surface area contributed by atoms with E-state index in [0.717, 1.165) is 19.4 Å². The Morgan fingerprint density at radius 1 is 1.37 bits per heavy atom. The molecule has 2 aliphatic rings. The number of ether oxygens (including phenoxy) is 1. The summed E-state index contributed by atoms with van der Waals surface area (Å²) in [6.07, 6.45) is 5.93. The summed E-state index contributed by atoms with van der Waals surface area (Å²) in [4.78, 5) is 15.3. The first-order chi connectivity index (χ1) is 9.12. The van der Waals surface area contributed by atoms with Crippen LogP contribution in [-0.2, 0) is 9.53 Å². The molecule has 1 saturated heterocycles. The topological polar surface area (TPSA) is 55.6 Å². The van der Waals surface area contributed by atoms with Crippen LogP contribution in [-0.4, -0.2) is 41.6 Å². The molecule has 0 aromatic heterocycles. The number of nitrogens with zero attached hydrogens (tertiary/aromatic N) is 1. The maximum atomic E-state index is 13.0. The summed E-state index contributed by atoms with van der Waals surface area (Å²) in [6.45, 7) is 3.94. The van der Waals surface area contributed by atoms with Crippen molar-refractivity contribution in [1.29, 1.82) is 0 Å². The van der Waals surface area contributed by atoms with Crippen molar-refractivity contribution >= 4 is 23.1 Å². The molecule has 0 spiro atoms. The van der Waals surface area contributed by atoms with E-state index in [-0.39, 0.29) is 5.91 Å². The second-order valence-corrected chi connectivity index (χ2v) is 6.03. The minimum atomic E-state index is -0.661. The van der Waals surface area contributed by atoms with Gasteiger partial charge in [-0.1, -0.05) is 25.1 Å². The van der Waals surface area contributed by atoms with Gasteiger partial charge in [0.1, 0.15) is 5.41 Å². The van der Waals surface area contributed by atoms with Gasteiger partial charge >= 0.3 is 0 Å². The maximum absolute atomic E-state index is 13.0. The molecular weight excluding hydrogens is 260 g/mol. The molecule has 1 saturated carbocycles. The molecule has 5 heteroatoms. The first kappa shape index (κ1) is 14.7.